The third-order valence-electron chi connectivity index (χ3n) is 2.25. The Hall–Kier alpha value is -1.86. The highest BCUT2D eigenvalue weighted by atomic mass is 32.1. The molecule has 2 rings (SSSR count). The first kappa shape index (κ1) is 12.6. The van der Waals surface area contributed by atoms with Crippen LogP contribution < -0.4 is 5.73 Å². The lowest BCUT2D eigenvalue weighted by molar-refractivity contribution is 0.0606. The van der Waals surface area contributed by atoms with Crippen LogP contribution in [-0.4, -0.2) is 28.0 Å². The second kappa shape index (κ2) is 5.19. The van der Waals surface area contributed by atoms with Crippen molar-refractivity contribution < 1.29 is 9.53 Å². The fraction of sp³-hybridized carbons (Fsp3) is 0.273. The van der Waals surface area contributed by atoms with Gasteiger partial charge in [0.15, 0.2) is 0 Å². The number of hydrogen-bond acceptors (Lipinski definition) is 7. The van der Waals surface area contributed by atoms with Crippen molar-refractivity contribution in [2.45, 2.75) is 13.0 Å². The number of aromatic nitrogens is 3. The summed E-state index contributed by atoms with van der Waals surface area (Å²) in [5, 5.41) is 0.607. The van der Waals surface area contributed by atoms with Gasteiger partial charge in [0, 0.05) is 18.4 Å². The lowest BCUT2D eigenvalue weighted by Gasteiger charge is -2.07. The largest absolute Gasteiger partial charge is 0.465 e. The van der Waals surface area contributed by atoms with Crippen molar-refractivity contribution in [1.82, 2.24) is 15.0 Å². The number of hydrogen-bond donors (Lipinski definition) is 1. The van der Waals surface area contributed by atoms with Crippen molar-refractivity contribution in [3.05, 3.63) is 29.2 Å². The van der Waals surface area contributed by atoms with Crippen LogP contribution in [0.4, 0.5) is 0 Å². The van der Waals surface area contributed by atoms with Crippen molar-refractivity contribution in [2.75, 3.05) is 7.11 Å². The number of carbonyl (C=O) groups excluding carboxylic acids is 1. The van der Waals surface area contributed by atoms with Gasteiger partial charge in [-0.25, -0.2) is 9.78 Å². The molecule has 0 aliphatic rings. The molecule has 1 unspecified atom stereocenters. The van der Waals surface area contributed by atoms with Crippen molar-refractivity contribution >= 4 is 17.3 Å². The Balaban J connectivity index is 2.43. The third-order valence-corrected chi connectivity index (χ3v) is 3.24. The molecule has 0 fully saturated rings. The van der Waals surface area contributed by atoms with Gasteiger partial charge in [0.2, 0.25) is 0 Å². The zero-order valence-electron chi connectivity index (χ0n) is 9.95. The van der Waals surface area contributed by atoms with Gasteiger partial charge in [-0.1, -0.05) is 0 Å². The van der Waals surface area contributed by atoms with Crippen LogP contribution in [0.2, 0.25) is 0 Å². The Morgan fingerprint density at radius 3 is 2.78 bits per heavy atom. The van der Waals surface area contributed by atoms with Crippen LogP contribution in [0.1, 0.15) is 28.3 Å². The summed E-state index contributed by atoms with van der Waals surface area (Å²) >= 11 is 1.21. The predicted molar refractivity (Wildman–Crippen MR) is 67.1 cm³/mol. The van der Waals surface area contributed by atoms with Crippen molar-refractivity contribution in [3.8, 4) is 10.7 Å². The average molecular weight is 264 g/mol. The first-order valence-electron chi connectivity index (χ1n) is 5.24. The minimum atomic E-state index is -0.412. The highest BCUT2D eigenvalue weighted by Gasteiger charge is 2.17. The van der Waals surface area contributed by atoms with E-state index in [0.717, 1.165) is 0 Å². The van der Waals surface area contributed by atoms with E-state index in [0.29, 0.717) is 21.3 Å². The molecule has 0 bridgehead atoms. The average Bonchev–Trinajstić information content (AvgIpc) is 2.87. The maximum Gasteiger partial charge on any atom is 0.349 e. The van der Waals surface area contributed by atoms with Gasteiger partial charge in [0.05, 0.1) is 19.0 Å². The van der Waals surface area contributed by atoms with E-state index in [-0.39, 0.29) is 6.04 Å². The van der Waals surface area contributed by atoms with Gasteiger partial charge in [0.25, 0.3) is 0 Å². The van der Waals surface area contributed by atoms with Crippen LogP contribution >= 0.6 is 11.3 Å². The molecule has 7 heteroatoms. The number of carbonyl (C=O) groups is 1. The van der Waals surface area contributed by atoms with E-state index in [1.807, 2.05) is 6.92 Å². The molecule has 0 saturated carbocycles. The fourth-order valence-corrected chi connectivity index (χ4v) is 2.27. The molecule has 18 heavy (non-hydrogen) atoms. The molecule has 0 aliphatic heterocycles. The molecule has 2 heterocycles. The lowest BCUT2D eigenvalue weighted by atomic mass is 10.2. The number of rotatable bonds is 3. The van der Waals surface area contributed by atoms with Crippen LogP contribution in [0.3, 0.4) is 0 Å². The molecule has 6 nitrogen and oxygen atoms in total. The van der Waals surface area contributed by atoms with Gasteiger partial charge in [-0.3, -0.25) is 9.97 Å². The summed E-state index contributed by atoms with van der Waals surface area (Å²) in [4.78, 5) is 24.4. The maximum absolute atomic E-state index is 11.4. The van der Waals surface area contributed by atoms with E-state index in [1.165, 1.54) is 24.6 Å². The first-order valence-corrected chi connectivity index (χ1v) is 6.06. The lowest BCUT2D eigenvalue weighted by Crippen LogP contribution is -2.09. The fourth-order valence-electron chi connectivity index (χ4n) is 1.43. The summed E-state index contributed by atoms with van der Waals surface area (Å²) in [7, 11) is 1.33. The second-order valence-electron chi connectivity index (χ2n) is 3.60. The third kappa shape index (κ3) is 2.36. The molecule has 2 N–H and O–H groups in total. The Labute approximate surface area is 108 Å². The Morgan fingerprint density at radius 1 is 1.39 bits per heavy atom. The van der Waals surface area contributed by atoms with Crippen molar-refractivity contribution in [3.63, 3.8) is 0 Å². The van der Waals surface area contributed by atoms with Gasteiger partial charge >= 0.3 is 5.97 Å². The van der Waals surface area contributed by atoms with Crippen LogP contribution in [0.5, 0.6) is 0 Å². The summed E-state index contributed by atoms with van der Waals surface area (Å²) in [6.45, 7) is 1.82. The molecule has 0 spiro atoms. The molecule has 0 radical (unpaired) electrons. The highest BCUT2D eigenvalue weighted by Crippen LogP contribution is 2.27. The van der Waals surface area contributed by atoms with E-state index >= 15 is 0 Å². The van der Waals surface area contributed by atoms with E-state index < -0.39 is 5.97 Å². The summed E-state index contributed by atoms with van der Waals surface area (Å²) < 4.78 is 4.63. The highest BCUT2D eigenvalue weighted by molar-refractivity contribution is 7.16. The number of esters is 1. The van der Waals surface area contributed by atoms with Crippen molar-refractivity contribution in [2.24, 2.45) is 5.73 Å². The summed E-state index contributed by atoms with van der Waals surface area (Å²) in [5.41, 5.74) is 7.09. The summed E-state index contributed by atoms with van der Waals surface area (Å²) in [5.74, 6) is -0.412. The number of nitrogens with zero attached hydrogens (tertiary/aromatic N) is 3. The predicted octanol–water partition coefficient (Wildman–Crippen LogP) is 1.41. The van der Waals surface area contributed by atoms with Crippen LogP contribution in [0.15, 0.2) is 18.6 Å². The molecule has 0 amide bonds. The molecule has 0 saturated heterocycles. The molecule has 2 aromatic heterocycles. The van der Waals surface area contributed by atoms with Gasteiger partial charge in [0.1, 0.15) is 15.6 Å². The van der Waals surface area contributed by atoms with E-state index in [2.05, 4.69) is 19.7 Å². The van der Waals surface area contributed by atoms with E-state index in [9.17, 15) is 4.79 Å². The van der Waals surface area contributed by atoms with Crippen LogP contribution in [0.25, 0.3) is 10.7 Å². The molecule has 2 aromatic rings. The van der Waals surface area contributed by atoms with Crippen molar-refractivity contribution in [1.29, 1.82) is 0 Å². The molecular weight excluding hydrogens is 252 g/mol. The molecule has 0 aliphatic carbocycles. The molecular formula is C11H12N4O2S. The van der Waals surface area contributed by atoms with E-state index in [1.54, 1.807) is 12.4 Å². The van der Waals surface area contributed by atoms with E-state index in [4.69, 9.17) is 5.73 Å². The van der Waals surface area contributed by atoms with Gasteiger partial charge in [-0.2, -0.15) is 0 Å². The quantitative estimate of drug-likeness (QED) is 0.843. The number of thiazole rings is 1. The normalized spacial score (nSPS) is 12.2. The topological polar surface area (TPSA) is 91.0 Å². The number of ether oxygens (including phenoxy) is 1. The SMILES string of the molecule is COC(=O)c1cnc(-c2nccnc2C(C)N)s1. The smallest absolute Gasteiger partial charge is 0.349 e. The monoisotopic (exact) mass is 264 g/mol. The standard InChI is InChI=1S/C11H12N4O2S/c1-6(12)8-9(14-4-3-13-8)10-15-5-7(18-10)11(16)17-2/h3-6H,12H2,1-2H3. The Bertz CT molecular complexity index is 568. The molecule has 0 aromatic carbocycles. The minimum Gasteiger partial charge on any atom is -0.465 e. The minimum absolute atomic E-state index is 0.251. The first-order chi connectivity index (χ1) is 8.63. The van der Waals surface area contributed by atoms with Gasteiger partial charge in [-0.15, -0.1) is 11.3 Å². The molecule has 1 atom stereocenters. The zero-order valence-corrected chi connectivity index (χ0v) is 10.8. The van der Waals surface area contributed by atoms with Gasteiger partial charge in [-0.05, 0) is 6.92 Å². The summed E-state index contributed by atoms with van der Waals surface area (Å²) in [6.07, 6.45) is 4.61. The van der Waals surface area contributed by atoms with Crippen LogP contribution in [-0.2, 0) is 4.74 Å². The second-order valence-corrected chi connectivity index (χ2v) is 4.63. The summed E-state index contributed by atoms with van der Waals surface area (Å²) in [6, 6.07) is -0.251. The number of nitrogens with two attached hydrogens (primary N) is 1. The maximum atomic E-state index is 11.4. The van der Waals surface area contributed by atoms with Gasteiger partial charge < -0.3 is 10.5 Å². The zero-order chi connectivity index (χ0) is 13.1. The van der Waals surface area contributed by atoms with Crippen LogP contribution in [0, 0.1) is 0 Å². The molecule has 94 valence electrons. The Morgan fingerprint density at radius 2 is 2.11 bits per heavy atom. The number of methoxy groups -OCH3 is 1. The Kier molecular flexibility index (Phi) is 3.63.